The van der Waals surface area contributed by atoms with Crippen LogP contribution in [0.5, 0.6) is 5.75 Å². The summed E-state index contributed by atoms with van der Waals surface area (Å²) < 4.78 is 5.53. The van der Waals surface area contributed by atoms with E-state index in [1.807, 2.05) is 32.9 Å². The summed E-state index contributed by atoms with van der Waals surface area (Å²) in [6.45, 7) is 5.58. The smallest absolute Gasteiger partial charge is 0.343 e. The maximum Gasteiger partial charge on any atom is 0.343 e. The second kappa shape index (κ2) is 9.65. The summed E-state index contributed by atoms with van der Waals surface area (Å²) in [6.07, 6.45) is 0. The Balaban J connectivity index is 2.32. The van der Waals surface area contributed by atoms with E-state index in [1.54, 1.807) is 30.3 Å². The molecule has 5 nitrogen and oxygen atoms in total. The molecule has 0 saturated carbocycles. The minimum Gasteiger partial charge on any atom is -0.423 e. The van der Waals surface area contributed by atoms with Crippen molar-refractivity contribution in [3.8, 4) is 5.75 Å². The molecule has 3 N–H and O–H groups in total. The molecule has 146 valence electrons. The van der Waals surface area contributed by atoms with E-state index in [9.17, 15) is 20.1 Å². The van der Waals surface area contributed by atoms with Crippen LogP contribution in [0.15, 0.2) is 42.5 Å². The van der Waals surface area contributed by atoms with Crippen LogP contribution >= 0.6 is 0 Å². The van der Waals surface area contributed by atoms with Crippen LogP contribution in [0.4, 0.5) is 0 Å². The molecule has 0 aromatic heterocycles. The number of ether oxygens (including phenoxy) is 1. The summed E-state index contributed by atoms with van der Waals surface area (Å²) >= 11 is 0. The maximum atomic E-state index is 12.7. The minimum absolute atomic E-state index is 0.0148. The van der Waals surface area contributed by atoms with Gasteiger partial charge in [0, 0.05) is 37.6 Å². The Kier molecular flexibility index (Phi) is 7.54. The van der Waals surface area contributed by atoms with Gasteiger partial charge < -0.3 is 20.1 Å². The molecule has 0 radical (unpaired) electrons. The Morgan fingerprint density at radius 1 is 0.815 bits per heavy atom. The van der Waals surface area contributed by atoms with E-state index in [0.29, 0.717) is 11.3 Å². The summed E-state index contributed by atoms with van der Waals surface area (Å²) in [5.41, 5.74) is 2.92. The van der Waals surface area contributed by atoms with Gasteiger partial charge in [-0.25, -0.2) is 4.79 Å². The van der Waals surface area contributed by atoms with Crippen molar-refractivity contribution in [2.45, 2.75) is 38.5 Å². The number of hydrogen-bond acceptors (Lipinski definition) is 5. The molecule has 3 unspecified atom stereocenters. The molecular formula is C22H28O5. The number of aliphatic hydroxyl groups is 3. The van der Waals surface area contributed by atoms with Gasteiger partial charge in [0.2, 0.25) is 0 Å². The Labute approximate surface area is 160 Å². The number of benzene rings is 2. The number of rotatable bonds is 8. The molecular weight excluding hydrogens is 344 g/mol. The predicted octanol–water partition coefficient (Wildman–Crippen LogP) is 3.19. The molecule has 2 aromatic carbocycles. The van der Waals surface area contributed by atoms with Gasteiger partial charge in [0.15, 0.2) is 0 Å². The van der Waals surface area contributed by atoms with Gasteiger partial charge in [-0.05, 0) is 41.0 Å². The monoisotopic (exact) mass is 372 g/mol. The summed E-state index contributed by atoms with van der Waals surface area (Å²) in [5.74, 6) is -0.390. The van der Waals surface area contributed by atoms with E-state index >= 15 is 0 Å². The number of esters is 1. The van der Waals surface area contributed by atoms with Gasteiger partial charge in [-0.2, -0.15) is 0 Å². The lowest BCUT2D eigenvalue weighted by Crippen LogP contribution is -2.12. The maximum absolute atomic E-state index is 12.7. The molecule has 0 heterocycles. The van der Waals surface area contributed by atoms with Gasteiger partial charge >= 0.3 is 5.97 Å². The van der Waals surface area contributed by atoms with E-state index in [1.165, 1.54) is 0 Å². The first-order chi connectivity index (χ1) is 12.9. The molecule has 0 aliphatic rings. The summed E-state index contributed by atoms with van der Waals surface area (Å²) in [6, 6.07) is 12.5. The second-order valence-corrected chi connectivity index (χ2v) is 7.10. The topological polar surface area (TPSA) is 87.0 Å². The molecule has 0 aliphatic heterocycles. The van der Waals surface area contributed by atoms with Crippen molar-refractivity contribution in [2.24, 2.45) is 0 Å². The van der Waals surface area contributed by atoms with Crippen molar-refractivity contribution >= 4 is 5.97 Å². The molecule has 2 aromatic rings. The highest BCUT2D eigenvalue weighted by atomic mass is 16.5. The minimum atomic E-state index is -0.498. The Hall–Kier alpha value is -2.21. The fourth-order valence-electron chi connectivity index (χ4n) is 2.73. The van der Waals surface area contributed by atoms with Crippen molar-refractivity contribution in [3.63, 3.8) is 0 Å². The highest BCUT2D eigenvalue weighted by Crippen LogP contribution is 2.26. The highest BCUT2D eigenvalue weighted by molar-refractivity contribution is 5.91. The van der Waals surface area contributed by atoms with Gasteiger partial charge in [-0.1, -0.05) is 39.0 Å². The fourth-order valence-corrected chi connectivity index (χ4v) is 2.73. The third-order valence-electron chi connectivity index (χ3n) is 4.81. The quantitative estimate of drug-likeness (QED) is 0.489. The summed E-state index contributed by atoms with van der Waals surface area (Å²) in [4.78, 5) is 12.7. The molecule has 2 rings (SSSR count). The lowest BCUT2D eigenvalue weighted by molar-refractivity contribution is 0.0734. The van der Waals surface area contributed by atoms with Gasteiger partial charge in [-0.3, -0.25) is 0 Å². The van der Waals surface area contributed by atoms with Crippen molar-refractivity contribution in [3.05, 3.63) is 64.7 Å². The average molecular weight is 372 g/mol. The Bertz CT molecular complexity index is 743. The van der Waals surface area contributed by atoms with Crippen LogP contribution in [-0.4, -0.2) is 41.1 Å². The number of aliphatic hydroxyl groups excluding tert-OH is 3. The molecule has 0 saturated heterocycles. The van der Waals surface area contributed by atoms with E-state index in [4.69, 9.17) is 4.74 Å². The number of hydrogen-bond donors (Lipinski definition) is 3. The van der Waals surface area contributed by atoms with Crippen molar-refractivity contribution in [1.82, 2.24) is 0 Å². The fraction of sp³-hybridized carbons (Fsp3) is 0.409. The average Bonchev–Trinajstić information content (AvgIpc) is 2.71. The zero-order valence-corrected chi connectivity index (χ0v) is 16.1. The van der Waals surface area contributed by atoms with E-state index in [0.717, 1.165) is 16.7 Å². The molecule has 0 spiro atoms. The third-order valence-corrected chi connectivity index (χ3v) is 4.81. The van der Waals surface area contributed by atoms with Gasteiger partial charge in [0.25, 0.3) is 0 Å². The van der Waals surface area contributed by atoms with Gasteiger partial charge in [0.1, 0.15) is 5.75 Å². The SMILES string of the molecule is CC(CO)c1cccc(OC(=O)c2cc(C(C)CO)cc(C(C)CO)c2)c1. The standard InChI is InChI=1S/C22H28O5/c1-14(11-23)17-5-4-6-21(10-17)27-22(26)20-8-18(15(2)12-24)7-19(9-20)16(3)13-25/h4-10,14-16,23-25H,11-13H2,1-3H3. The molecule has 0 aliphatic carbocycles. The molecule has 0 fully saturated rings. The highest BCUT2D eigenvalue weighted by Gasteiger charge is 2.17. The molecule has 0 amide bonds. The lowest BCUT2D eigenvalue weighted by atomic mass is 9.92. The summed E-state index contributed by atoms with van der Waals surface area (Å²) in [7, 11) is 0. The summed E-state index contributed by atoms with van der Waals surface area (Å²) in [5, 5.41) is 28.2. The van der Waals surface area contributed by atoms with Gasteiger partial charge in [0.05, 0.1) is 5.56 Å². The Morgan fingerprint density at radius 3 is 1.85 bits per heavy atom. The van der Waals surface area contributed by atoms with Crippen LogP contribution in [0.2, 0.25) is 0 Å². The lowest BCUT2D eigenvalue weighted by Gasteiger charge is -2.16. The van der Waals surface area contributed by atoms with Gasteiger partial charge in [-0.15, -0.1) is 0 Å². The van der Waals surface area contributed by atoms with Crippen LogP contribution in [-0.2, 0) is 0 Å². The molecule has 27 heavy (non-hydrogen) atoms. The first-order valence-corrected chi connectivity index (χ1v) is 9.19. The third kappa shape index (κ3) is 5.39. The normalized spacial score (nSPS) is 14.4. The van der Waals surface area contributed by atoms with Crippen LogP contribution in [0.3, 0.4) is 0 Å². The second-order valence-electron chi connectivity index (χ2n) is 7.10. The van der Waals surface area contributed by atoms with Crippen LogP contribution in [0.25, 0.3) is 0 Å². The van der Waals surface area contributed by atoms with Crippen molar-refractivity contribution in [1.29, 1.82) is 0 Å². The first kappa shape index (κ1) is 21.1. The number of carbonyl (C=O) groups excluding carboxylic acids is 1. The van der Waals surface area contributed by atoms with E-state index in [-0.39, 0.29) is 37.6 Å². The largest absolute Gasteiger partial charge is 0.423 e. The molecule has 5 heteroatoms. The van der Waals surface area contributed by atoms with Crippen molar-refractivity contribution < 1.29 is 24.9 Å². The zero-order chi connectivity index (χ0) is 20.0. The van der Waals surface area contributed by atoms with E-state index in [2.05, 4.69) is 0 Å². The first-order valence-electron chi connectivity index (χ1n) is 9.19. The van der Waals surface area contributed by atoms with Crippen LogP contribution in [0.1, 0.15) is 65.6 Å². The van der Waals surface area contributed by atoms with Crippen molar-refractivity contribution in [2.75, 3.05) is 19.8 Å². The molecule has 0 bridgehead atoms. The zero-order valence-electron chi connectivity index (χ0n) is 16.1. The van der Waals surface area contributed by atoms with Crippen LogP contribution < -0.4 is 4.74 Å². The molecule has 3 atom stereocenters. The predicted molar refractivity (Wildman–Crippen MR) is 104 cm³/mol. The van der Waals surface area contributed by atoms with Crippen LogP contribution in [0, 0.1) is 0 Å². The van der Waals surface area contributed by atoms with E-state index < -0.39 is 5.97 Å². The number of carbonyl (C=O) groups is 1. The Morgan fingerprint density at radius 2 is 1.33 bits per heavy atom.